The zero-order chi connectivity index (χ0) is 14.7. The van der Waals surface area contributed by atoms with E-state index < -0.39 is 0 Å². The highest BCUT2D eigenvalue weighted by Crippen LogP contribution is 2.23. The van der Waals surface area contributed by atoms with Gasteiger partial charge >= 0.3 is 0 Å². The number of carbonyl (C=O) groups is 1. The van der Waals surface area contributed by atoms with Crippen molar-refractivity contribution in [2.75, 3.05) is 26.1 Å². The van der Waals surface area contributed by atoms with E-state index in [1.165, 1.54) is 0 Å². The number of ether oxygens (including phenoxy) is 1. The van der Waals surface area contributed by atoms with Gasteiger partial charge in [-0.15, -0.1) is 0 Å². The van der Waals surface area contributed by atoms with Crippen LogP contribution in [-0.4, -0.2) is 36.8 Å². The van der Waals surface area contributed by atoms with Crippen LogP contribution >= 0.6 is 0 Å². The minimum atomic E-state index is -0.0788. The Balaban J connectivity index is 2.46. The van der Waals surface area contributed by atoms with E-state index in [0.717, 1.165) is 5.69 Å². The Morgan fingerprint density at radius 3 is 2.75 bits per heavy atom. The van der Waals surface area contributed by atoms with Gasteiger partial charge in [-0.05, 0) is 19.1 Å². The Morgan fingerprint density at radius 1 is 1.40 bits per heavy atom. The van der Waals surface area contributed by atoms with Gasteiger partial charge in [0, 0.05) is 31.9 Å². The minimum Gasteiger partial charge on any atom is -0.493 e. The summed E-state index contributed by atoms with van der Waals surface area (Å²) in [5.74, 6) is 0.428. The molecule has 0 amide bonds. The van der Waals surface area contributed by atoms with Crippen molar-refractivity contribution in [1.29, 1.82) is 0 Å². The average Bonchev–Trinajstić information content (AvgIpc) is 2.89. The summed E-state index contributed by atoms with van der Waals surface area (Å²) < 4.78 is 6.89. The molecule has 1 aromatic heterocycles. The predicted octanol–water partition coefficient (Wildman–Crippen LogP) is 2.21. The summed E-state index contributed by atoms with van der Waals surface area (Å²) >= 11 is 0. The first-order valence-electron chi connectivity index (χ1n) is 6.50. The Labute approximate surface area is 118 Å². The van der Waals surface area contributed by atoms with Crippen LogP contribution in [0.4, 0.5) is 5.69 Å². The van der Waals surface area contributed by atoms with Gasteiger partial charge in [0.1, 0.15) is 0 Å². The van der Waals surface area contributed by atoms with Crippen LogP contribution < -0.4 is 9.64 Å². The number of ketones is 1. The predicted molar refractivity (Wildman–Crippen MR) is 78.7 cm³/mol. The van der Waals surface area contributed by atoms with E-state index in [1.807, 2.05) is 50.2 Å². The van der Waals surface area contributed by atoms with Crippen molar-refractivity contribution >= 4 is 11.5 Å². The summed E-state index contributed by atoms with van der Waals surface area (Å²) in [6, 6.07) is 7.52. The number of nitrogens with zero attached hydrogens (tertiary/aromatic N) is 3. The monoisotopic (exact) mass is 273 g/mol. The first-order chi connectivity index (χ1) is 9.58. The quantitative estimate of drug-likeness (QED) is 0.784. The summed E-state index contributed by atoms with van der Waals surface area (Å²) in [7, 11) is 5.44. The standard InChI is InChI=1S/C15H19N3O2/c1-5-18-14(13(20-4)10-16-18)15(19)11-7-6-8-12(9-11)17(2)3/h6-10H,5H2,1-4H3. The Kier molecular flexibility index (Phi) is 4.08. The van der Waals surface area contributed by atoms with E-state index in [9.17, 15) is 4.79 Å². The van der Waals surface area contributed by atoms with Crippen molar-refractivity contribution in [3.05, 3.63) is 41.7 Å². The maximum atomic E-state index is 12.7. The molecule has 0 saturated heterocycles. The number of carbonyl (C=O) groups excluding carboxylic acids is 1. The molecule has 0 N–H and O–H groups in total. The number of hydrogen-bond donors (Lipinski definition) is 0. The van der Waals surface area contributed by atoms with Gasteiger partial charge in [-0.1, -0.05) is 12.1 Å². The summed E-state index contributed by atoms with van der Waals surface area (Å²) in [4.78, 5) is 14.6. The van der Waals surface area contributed by atoms with Crippen molar-refractivity contribution in [3.8, 4) is 5.75 Å². The fourth-order valence-corrected chi connectivity index (χ4v) is 2.05. The zero-order valence-corrected chi connectivity index (χ0v) is 12.3. The van der Waals surface area contributed by atoms with Crippen LogP contribution in [0.2, 0.25) is 0 Å². The molecule has 0 saturated carbocycles. The van der Waals surface area contributed by atoms with Crippen LogP contribution in [0.3, 0.4) is 0 Å². The van der Waals surface area contributed by atoms with Crippen LogP contribution in [-0.2, 0) is 6.54 Å². The molecule has 0 fully saturated rings. The minimum absolute atomic E-state index is 0.0788. The molecule has 0 radical (unpaired) electrons. The molecule has 0 spiro atoms. The third-order valence-corrected chi connectivity index (χ3v) is 3.17. The lowest BCUT2D eigenvalue weighted by atomic mass is 10.1. The largest absolute Gasteiger partial charge is 0.493 e. The van der Waals surface area contributed by atoms with Crippen LogP contribution in [0.15, 0.2) is 30.5 Å². The molecule has 1 aromatic carbocycles. The van der Waals surface area contributed by atoms with Crippen LogP contribution in [0.5, 0.6) is 5.75 Å². The van der Waals surface area contributed by atoms with Crippen molar-refractivity contribution in [1.82, 2.24) is 9.78 Å². The molecule has 0 unspecified atom stereocenters. The molecule has 0 aliphatic carbocycles. The summed E-state index contributed by atoms with van der Waals surface area (Å²) in [5, 5.41) is 4.17. The van der Waals surface area contributed by atoms with Crippen LogP contribution in [0.25, 0.3) is 0 Å². The SMILES string of the molecule is CCn1ncc(OC)c1C(=O)c1cccc(N(C)C)c1. The molecular weight excluding hydrogens is 254 g/mol. The molecule has 20 heavy (non-hydrogen) atoms. The van der Waals surface area contributed by atoms with E-state index in [0.29, 0.717) is 23.6 Å². The van der Waals surface area contributed by atoms with E-state index >= 15 is 0 Å². The first kappa shape index (κ1) is 14.1. The normalized spacial score (nSPS) is 10.4. The summed E-state index contributed by atoms with van der Waals surface area (Å²) in [6.07, 6.45) is 1.58. The van der Waals surface area contributed by atoms with E-state index in [4.69, 9.17) is 4.74 Å². The summed E-state index contributed by atoms with van der Waals surface area (Å²) in [6.45, 7) is 2.57. The molecule has 106 valence electrons. The van der Waals surface area contributed by atoms with Gasteiger partial charge < -0.3 is 9.64 Å². The lowest BCUT2D eigenvalue weighted by Gasteiger charge is -2.13. The molecule has 0 atom stereocenters. The Morgan fingerprint density at radius 2 is 2.15 bits per heavy atom. The Bertz CT molecular complexity index is 596. The number of methoxy groups -OCH3 is 1. The van der Waals surface area contributed by atoms with Crippen molar-refractivity contribution < 1.29 is 9.53 Å². The molecule has 0 aliphatic heterocycles. The van der Waals surface area contributed by atoms with Crippen molar-refractivity contribution in [2.45, 2.75) is 13.5 Å². The molecule has 2 rings (SSSR count). The van der Waals surface area contributed by atoms with Crippen molar-refractivity contribution in [3.63, 3.8) is 0 Å². The number of benzene rings is 1. The van der Waals surface area contributed by atoms with E-state index in [1.54, 1.807) is 18.0 Å². The van der Waals surface area contributed by atoms with Gasteiger partial charge in [-0.2, -0.15) is 5.10 Å². The lowest BCUT2D eigenvalue weighted by molar-refractivity contribution is 0.102. The Hall–Kier alpha value is -2.30. The third-order valence-electron chi connectivity index (χ3n) is 3.17. The number of aromatic nitrogens is 2. The lowest BCUT2D eigenvalue weighted by Crippen LogP contribution is -2.13. The van der Waals surface area contributed by atoms with Gasteiger partial charge in [0.2, 0.25) is 5.78 Å². The third kappa shape index (κ3) is 2.52. The zero-order valence-electron chi connectivity index (χ0n) is 12.3. The fraction of sp³-hybridized carbons (Fsp3) is 0.333. The average molecular weight is 273 g/mol. The van der Waals surface area contributed by atoms with Gasteiger partial charge in [0.25, 0.3) is 0 Å². The second kappa shape index (κ2) is 5.77. The van der Waals surface area contributed by atoms with Gasteiger partial charge in [0.05, 0.1) is 13.3 Å². The molecule has 2 aromatic rings. The van der Waals surface area contributed by atoms with Gasteiger partial charge in [-0.3, -0.25) is 9.48 Å². The fourth-order valence-electron chi connectivity index (χ4n) is 2.05. The molecule has 1 heterocycles. The van der Waals surface area contributed by atoms with Crippen molar-refractivity contribution in [2.24, 2.45) is 0 Å². The second-order valence-electron chi connectivity index (χ2n) is 4.65. The molecule has 5 nitrogen and oxygen atoms in total. The number of anilines is 1. The van der Waals surface area contributed by atoms with E-state index in [2.05, 4.69) is 5.10 Å². The maximum absolute atomic E-state index is 12.7. The number of aryl methyl sites for hydroxylation is 1. The first-order valence-corrected chi connectivity index (χ1v) is 6.50. The molecule has 5 heteroatoms. The highest BCUT2D eigenvalue weighted by atomic mass is 16.5. The molecular formula is C15H19N3O2. The molecule has 0 bridgehead atoms. The van der Waals surface area contributed by atoms with E-state index in [-0.39, 0.29) is 5.78 Å². The van der Waals surface area contributed by atoms with Gasteiger partial charge in [0.15, 0.2) is 11.4 Å². The maximum Gasteiger partial charge on any atom is 0.214 e. The van der Waals surface area contributed by atoms with Crippen LogP contribution in [0, 0.1) is 0 Å². The van der Waals surface area contributed by atoms with Crippen LogP contribution in [0.1, 0.15) is 23.0 Å². The molecule has 0 aliphatic rings. The topological polar surface area (TPSA) is 47.4 Å². The number of rotatable bonds is 5. The smallest absolute Gasteiger partial charge is 0.214 e. The summed E-state index contributed by atoms with van der Waals surface area (Å²) in [5.41, 5.74) is 2.10. The van der Waals surface area contributed by atoms with Gasteiger partial charge in [-0.25, -0.2) is 0 Å². The highest BCUT2D eigenvalue weighted by molar-refractivity contribution is 6.10. The highest BCUT2D eigenvalue weighted by Gasteiger charge is 2.20. The second-order valence-corrected chi connectivity index (χ2v) is 4.65. The number of hydrogen-bond acceptors (Lipinski definition) is 4.